The fraction of sp³-hybridized carbons (Fsp3) is 0.0714. The molecule has 0 aromatic heterocycles. The number of halogens is 5. The summed E-state index contributed by atoms with van der Waals surface area (Å²) < 4.78 is 43.3. The fourth-order valence-corrected chi connectivity index (χ4v) is 2.21. The second kappa shape index (κ2) is 6.07. The van der Waals surface area contributed by atoms with E-state index in [0.29, 0.717) is 0 Å². The van der Waals surface area contributed by atoms with Crippen LogP contribution in [0.15, 0.2) is 46.9 Å². The maximum absolute atomic E-state index is 12.6. The van der Waals surface area contributed by atoms with Crippen molar-refractivity contribution in [3.63, 3.8) is 0 Å². The maximum Gasteiger partial charge on any atom is 0.416 e. The standard InChI is InChI=1S/C14H7BrClF3O2/c15-10-7-8(14(17,18)19)5-6-12(10)21-11-4-2-1-3-9(11)13(16)20/h1-7H. The lowest BCUT2D eigenvalue weighted by Gasteiger charge is -2.12. The number of para-hydroxylation sites is 1. The van der Waals surface area contributed by atoms with E-state index < -0.39 is 17.0 Å². The smallest absolute Gasteiger partial charge is 0.416 e. The molecule has 2 nitrogen and oxygen atoms in total. The molecule has 0 bridgehead atoms. The maximum atomic E-state index is 12.6. The van der Waals surface area contributed by atoms with Gasteiger partial charge in [-0.05, 0) is 57.9 Å². The number of benzene rings is 2. The second-order valence-electron chi connectivity index (χ2n) is 4.01. The van der Waals surface area contributed by atoms with E-state index in [1.165, 1.54) is 18.2 Å². The Morgan fingerprint density at radius 2 is 1.76 bits per heavy atom. The molecule has 0 aliphatic heterocycles. The lowest BCUT2D eigenvalue weighted by Crippen LogP contribution is -2.04. The van der Waals surface area contributed by atoms with Crippen LogP contribution in [0, 0.1) is 0 Å². The molecule has 0 atom stereocenters. The summed E-state index contributed by atoms with van der Waals surface area (Å²) in [4.78, 5) is 11.3. The summed E-state index contributed by atoms with van der Waals surface area (Å²) in [7, 11) is 0. The van der Waals surface area contributed by atoms with Gasteiger partial charge >= 0.3 is 6.18 Å². The van der Waals surface area contributed by atoms with Gasteiger partial charge in [0.1, 0.15) is 11.5 Å². The largest absolute Gasteiger partial charge is 0.455 e. The van der Waals surface area contributed by atoms with Gasteiger partial charge in [-0.3, -0.25) is 4.79 Å². The minimum Gasteiger partial charge on any atom is -0.455 e. The average molecular weight is 380 g/mol. The normalized spacial score (nSPS) is 11.3. The molecule has 21 heavy (non-hydrogen) atoms. The number of ether oxygens (including phenoxy) is 1. The molecule has 7 heteroatoms. The SMILES string of the molecule is O=C(Cl)c1ccccc1Oc1ccc(C(F)(F)F)cc1Br. The molecule has 0 saturated heterocycles. The van der Waals surface area contributed by atoms with Crippen LogP contribution in [0.4, 0.5) is 13.2 Å². The van der Waals surface area contributed by atoms with Gasteiger partial charge in [0, 0.05) is 0 Å². The van der Waals surface area contributed by atoms with Gasteiger partial charge in [-0.1, -0.05) is 12.1 Å². The molecule has 0 spiro atoms. The minimum atomic E-state index is -4.44. The number of rotatable bonds is 3. The zero-order valence-electron chi connectivity index (χ0n) is 10.2. The highest BCUT2D eigenvalue weighted by atomic mass is 79.9. The fourth-order valence-electron chi connectivity index (χ4n) is 1.60. The van der Waals surface area contributed by atoms with Crippen LogP contribution in [0.2, 0.25) is 0 Å². The van der Waals surface area contributed by atoms with E-state index in [4.69, 9.17) is 16.3 Å². The molecular weight excluding hydrogens is 373 g/mol. The Balaban J connectivity index is 2.35. The monoisotopic (exact) mass is 378 g/mol. The van der Waals surface area contributed by atoms with Gasteiger partial charge in [0.2, 0.25) is 0 Å². The van der Waals surface area contributed by atoms with Crippen LogP contribution >= 0.6 is 27.5 Å². The number of hydrogen-bond donors (Lipinski definition) is 0. The topological polar surface area (TPSA) is 26.3 Å². The number of carbonyl (C=O) groups excluding carboxylic acids is 1. The molecule has 0 saturated carbocycles. The third kappa shape index (κ3) is 3.77. The predicted octanol–water partition coefficient (Wildman–Crippen LogP) is 5.64. The Bertz CT molecular complexity index is 686. The van der Waals surface area contributed by atoms with Crippen molar-refractivity contribution in [2.24, 2.45) is 0 Å². The number of carbonyl (C=O) groups is 1. The van der Waals surface area contributed by atoms with E-state index in [2.05, 4.69) is 15.9 Å². The van der Waals surface area contributed by atoms with Crippen LogP contribution in [0.1, 0.15) is 15.9 Å². The Morgan fingerprint density at radius 3 is 2.33 bits per heavy atom. The number of hydrogen-bond acceptors (Lipinski definition) is 2. The summed E-state index contributed by atoms with van der Waals surface area (Å²) in [6.07, 6.45) is -4.44. The first kappa shape index (κ1) is 15.9. The Morgan fingerprint density at radius 1 is 1.10 bits per heavy atom. The molecule has 0 radical (unpaired) electrons. The van der Waals surface area contributed by atoms with Crippen molar-refractivity contribution < 1.29 is 22.7 Å². The minimum absolute atomic E-state index is 0.120. The zero-order valence-corrected chi connectivity index (χ0v) is 12.6. The van der Waals surface area contributed by atoms with Crippen molar-refractivity contribution >= 4 is 32.8 Å². The molecular formula is C14H7BrClF3O2. The third-order valence-corrected chi connectivity index (χ3v) is 3.40. The molecule has 2 aromatic carbocycles. The molecule has 0 aliphatic rings. The molecule has 2 aromatic rings. The van der Waals surface area contributed by atoms with Gasteiger partial charge in [0.25, 0.3) is 5.24 Å². The summed E-state index contributed by atoms with van der Waals surface area (Å²) in [5, 5.41) is -0.714. The van der Waals surface area contributed by atoms with E-state index in [0.717, 1.165) is 12.1 Å². The summed E-state index contributed by atoms with van der Waals surface area (Å²) in [5.74, 6) is 0.311. The Hall–Kier alpha value is -1.53. The summed E-state index contributed by atoms with van der Waals surface area (Å²) in [6, 6.07) is 9.15. The van der Waals surface area contributed by atoms with E-state index in [1.807, 2.05) is 0 Å². The molecule has 0 heterocycles. The first-order valence-corrected chi connectivity index (χ1v) is 6.79. The predicted molar refractivity (Wildman–Crippen MR) is 75.8 cm³/mol. The zero-order chi connectivity index (χ0) is 15.6. The lowest BCUT2D eigenvalue weighted by molar-refractivity contribution is -0.137. The lowest BCUT2D eigenvalue weighted by atomic mass is 10.2. The highest BCUT2D eigenvalue weighted by molar-refractivity contribution is 9.10. The van der Waals surface area contributed by atoms with Crippen molar-refractivity contribution in [3.8, 4) is 11.5 Å². The quantitative estimate of drug-likeness (QED) is 0.645. The van der Waals surface area contributed by atoms with Crippen LogP contribution < -0.4 is 4.74 Å². The molecule has 0 unspecified atom stereocenters. The van der Waals surface area contributed by atoms with Gasteiger partial charge in [-0.25, -0.2) is 0 Å². The van der Waals surface area contributed by atoms with Crippen molar-refractivity contribution in [2.45, 2.75) is 6.18 Å². The van der Waals surface area contributed by atoms with Gasteiger partial charge in [0.15, 0.2) is 0 Å². The first-order chi connectivity index (χ1) is 9.79. The van der Waals surface area contributed by atoms with Crippen molar-refractivity contribution in [1.29, 1.82) is 0 Å². The average Bonchev–Trinajstić information content (AvgIpc) is 2.40. The van der Waals surface area contributed by atoms with Gasteiger partial charge in [-0.2, -0.15) is 13.2 Å². The van der Waals surface area contributed by atoms with Crippen LogP contribution in [-0.4, -0.2) is 5.24 Å². The molecule has 110 valence electrons. The summed E-state index contributed by atoms with van der Waals surface area (Å²) in [5.41, 5.74) is -0.672. The van der Waals surface area contributed by atoms with Crippen LogP contribution in [0.25, 0.3) is 0 Å². The second-order valence-corrected chi connectivity index (χ2v) is 5.21. The number of alkyl halides is 3. The van der Waals surface area contributed by atoms with Crippen molar-refractivity contribution in [3.05, 3.63) is 58.1 Å². The third-order valence-electron chi connectivity index (χ3n) is 2.58. The van der Waals surface area contributed by atoms with Crippen molar-refractivity contribution in [2.75, 3.05) is 0 Å². The van der Waals surface area contributed by atoms with Gasteiger partial charge < -0.3 is 4.74 Å². The van der Waals surface area contributed by atoms with Gasteiger partial charge in [0.05, 0.1) is 15.6 Å². The Labute approximate surface area is 131 Å². The molecule has 0 N–H and O–H groups in total. The van der Waals surface area contributed by atoms with E-state index in [9.17, 15) is 18.0 Å². The van der Waals surface area contributed by atoms with Gasteiger partial charge in [-0.15, -0.1) is 0 Å². The highest BCUT2D eigenvalue weighted by Crippen LogP contribution is 2.37. The van der Waals surface area contributed by atoms with E-state index in [1.54, 1.807) is 12.1 Å². The van der Waals surface area contributed by atoms with Crippen molar-refractivity contribution in [1.82, 2.24) is 0 Å². The van der Waals surface area contributed by atoms with E-state index >= 15 is 0 Å². The van der Waals surface area contributed by atoms with Crippen LogP contribution in [0.5, 0.6) is 11.5 Å². The first-order valence-electron chi connectivity index (χ1n) is 5.62. The van der Waals surface area contributed by atoms with E-state index in [-0.39, 0.29) is 21.5 Å². The molecule has 2 rings (SSSR count). The highest BCUT2D eigenvalue weighted by Gasteiger charge is 2.31. The summed E-state index contributed by atoms with van der Waals surface area (Å²) >= 11 is 8.44. The van der Waals surface area contributed by atoms with Crippen LogP contribution in [-0.2, 0) is 6.18 Å². The summed E-state index contributed by atoms with van der Waals surface area (Å²) in [6.45, 7) is 0. The Kier molecular flexibility index (Phi) is 4.58. The molecule has 0 fully saturated rings. The van der Waals surface area contributed by atoms with Crippen LogP contribution in [0.3, 0.4) is 0 Å². The molecule has 0 amide bonds. The molecule has 0 aliphatic carbocycles.